The number of aromatic nitrogens is 1. The highest BCUT2D eigenvalue weighted by Crippen LogP contribution is 2.44. The highest BCUT2D eigenvalue weighted by molar-refractivity contribution is 5.26. The van der Waals surface area contributed by atoms with Gasteiger partial charge in [-0.3, -0.25) is 4.98 Å². The van der Waals surface area contributed by atoms with Crippen LogP contribution >= 0.6 is 0 Å². The second-order valence-corrected chi connectivity index (χ2v) is 5.66. The molecule has 0 amide bonds. The highest BCUT2D eigenvalue weighted by Gasteiger charge is 2.47. The minimum atomic E-state index is -0.705. The molecule has 2 aliphatic rings. The van der Waals surface area contributed by atoms with Gasteiger partial charge in [-0.15, -0.1) is 0 Å². The molecule has 0 saturated carbocycles. The van der Waals surface area contributed by atoms with Gasteiger partial charge < -0.3 is 10.0 Å². The van der Waals surface area contributed by atoms with Crippen molar-refractivity contribution >= 4 is 0 Å². The lowest BCUT2D eigenvalue weighted by Gasteiger charge is -2.42. The van der Waals surface area contributed by atoms with E-state index in [9.17, 15) is 5.11 Å². The molecule has 1 aromatic rings. The van der Waals surface area contributed by atoms with Crippen LogP contribution in [0.4, 0.5) is 0 Å². The fraction of sp³-hybridized carbons (Fsp3) is 0.643. The molecular weight excluding hydrogens is 212 g/mol. The van der Waals surface area contributed by atoms with Crippen LogP contribution in [0.3, 0.4) is 0 Å². The first-order valence-electron chi connectivity index (χ1n) is 6.46. The summed E-state index contributed by atoms with van der Waals surface area (Å²) in [6.07, 6.45) is 5.89. The third kappa shape index (κ3) is 1.69. The Morgan fingerprint density at radius 1 is 1.35 bits per heavy atom. The molecule has 2 atom stereocenters. The summed E-state index contributed by atoms with van der Waals surface area (Å²) in [5.41, 5.74) is 1.30. The van der Waals surface area contributed by atoms with E-state index >= 15 is 0 Å². The van der Waals surface area contributed by atoms with Crippen molar-refractivity contribution in [3.8, 4) is 0 Å². The average Bonchev–Trinajstić information content (AvgIpc) is 2.53. The van der Waals surface area contributed by atoms with Crippen LogP contribution in [0.25, 0.3) is 0 Å². The molecule has 3 rings (SSSR count). The first-order chi connectivity index (χ1) is 8.10. The summed E-state index contributed by atoms with van der Waals surface area (Å²) in [6.45, 7) is 2.04. The van der Waals surface area contributed by atoms with Crippen LogP contribution in [0.1, 0.15) is 36.9 Å². The van der Waals surface area contributed by atoms with Crippen LogP contribution < -0.4 is 0 Å². The number of hydrogen-bond acceptors (Lipinski definition) is 3. The molecule has 0 aromatic carbocycles. The fourth-order valence-corrected chi connectivity index (χ4v) is 3.61. The molecule has 2 unspecified atom stereocenters. The Labute approximate surface area is 102 Å². The van der Waals surface area contributed by atoms with Crippen molar-refractivity contribution in [2.45, 2.75) is 50.3 Å². The zero-order chi connectivity index (χ0) is 12.0. The molecule has 1 N–H and O–H groups in total. The number of aliphatic hydroxyl groups is 1. The standard InChI is InChI=1S/C14H20N2O/c1-10-4-3-7-15-13(10)14(17)8-11-5-6-12(9-14)16(11)2/h3-4,7,11-12,17H,5-6,8-9H2,1-2H3. The Hall–Kier alpha value is -0.930. The molecule has 1 aromatic heterocycles. The SMILES string of the molecule is Cc1cccnc1C1(O)CC2CCC(C1)N2C. The summed E-state index contributed by atoms with van der Waals surface area (Å²) in [5.74, 6) is 0. The van der Waals surface area contributed by atoms with Crippen LogP contribution in [0.5, 0.6) is 0 Å². The van der Waals surface area contributed by atoms with Crippen molar-refractivity contribution in [1.29, 1.82) is 0 Å². The Morgan fingerprint density at radius 2 is 2.00 bits per heavy atom. The van der Waals surface area contributed by atoms with E-state index in [1.165, 1.54) is 12.8 Å². The van der Waals surface area contributed by atoms with Gasteiger partial charge in [-0.1, -0.05) is 6.07 Å². The zero-order valence-electron chi connectivity index (χ0n) is 10.6. The number of nitrogens with zero attached hydrogens (tertiary/aromatic N) is 2. The van der Waals surface area contributed by atoms with Gasteiger partial charge in [0, 0.05) is 18.3 Å². The number of rotatable bonds is 1. The third-order valence-electron chi connectivity index (χ3n) is 4.58. The molecule has 2 saturated heterocycles. The van der Waals surface area contributed by atoms with Crippen LogP contribution in [0.2, 0.25) is 0 Å². The molecule has 2 aliphatic heterocycles. The van der Waals surface area contributed by atoms with Crippen molar-refractivity contribution < 1.29 is 5.11 Å². The van der Waals surface area contributed by atoms with Gasteiger partial charge in [-0.2, -0.15) is 0 Å². The molecule has 0 radical (unpaired) electrons. The van der Waals surface area contributed by atoms with Crippen LogP contribution in [0, 0.1) is 6.92 Å². The summed E-state index contributed by atoms with van der Waals surface area (Å²) in [5, 5.41) is 10.9. The maximum atomic E-state index is 10.9. The van der Waals surface area contributed by atoms with E-state index in [2.05, 4.69) is 16.9 Å². The Bertz CT molecular complexity index is 418. The second-order valence-electron chi connectivity index (χ2n) is 5.66. The lowest BCUT2D eigenvalue weighted by atomic mass is 9.82. The molecular formula is C14H20N2O. The second kappa shape index (κ2) is 3.79. The Balaban J connectivity index is 1.96. The van der Waals surface area contributed by atoms with E-state index in [1.54, 1.807) is 6.20 Å². The first-order valence-corrected chi connectivity index (χ1v) is 6.46. The first kappa shape index (κ1) is 11.2. The molecule has 0 aliphatic carbocycles. The van der Waals surface area contributed by atoms with Crippen LogP contribution in [-0.4, -0.2) is 34.1 Å². The fourth-order valence-electron chi connectivity index (χ4n) is 3.61. The summed E-state index contributed by atoms with van der Waals surface area (Å²) in [7, 11) is 2.19. The molecule has 2 fully saturated rings. The topological polar surface area (TPSA) is 36.4 Å². The van der Waals surface area contributed by atoms with E-state index in [0.717, 1.165) is 24.1 Å². The number of aryl methyl sites for hydroxylation is 1. The van der Waals surface area contributed by atoms with Crippen molar-refractivity contribution in [3.05, 3.63) is 29.6 Å². The number of fused-ring (bicyclic) bond motifs is 2. The maximum Gasteiger partial charge on any atom is 0.110 e. The summed E-state index contributed by atoms with van der Waals surface area (Å²) < 4.78 is 0. The van der Waals surface area contributed by atoms with Gasteiger partial charge in [-0.25, -0.2) is 0 Å². The van der Waals surface area contributed by atoms with Crippen molar-refractivity contribution in [3.63, 3.8) is 0 Å². The lowest BCUT2D eigenvalue weighted by Crippen LogP contribution is -2.48. The summed E-state index contributed by atoms with van der Waals surface area (Å²) in [4.78, 5) is 6.86. The molecule has 3 heteroatoms. The van der Waals surface area contributed by atoms with E-state index < -0.39 is 5.60 Å². The minimum absolute atomic E-state index is 0.528. The average molecular weight is 232 g/mol. The predicted molar refractivity (Wildman–Crippen MR) is 66.7 cm³/mol. The molecule has 3 nitrogen and oxygen atoms in total. The monoisotopic (exact) mass is 232 g/mol. The van der Waals surface area contributed by atoms with Crippen molar-refractivity contribution in [2.24, 2.45) is 0 Å². The number of pyridine rings is 1. The van der Waals surface area contributed by atoms with Crippen LogP contribution in [0.15, 0.2) is 18.3 Å². The normalized spacial score (nSPS) is 37.4. The van der Waals surface area contributed by atoms with E-state index in [0.29, 0.717) is 12.1 Å². The van der Waals surface area contributed by atoms with Crippen molar-refractivity contribution in [1.82, 2.24) is 9.88 Å². The van der Waals surface area contributed by atoms with Gasteiger partial charge in [0.2, 0.25) is 0 Å². The zero-order valence-corrected chi connectivity index (χ0v) is 10.6. The van der Waals surface area contributed by atoms with E-state index in [-0.39, 0.29) is 0 Å². The van der Waals surface area contributed by atoms with Gasteiger partial charge in [0.05, 0.1) is 5.69 Å². The summed E-state index contributed by atoms with van der Waals surface area (Å²) >= 11 is 0. The highest BCUT2D eigenvalue weighted by atomic mass is 16.3. The minimum Gasteiger partial charge on any atom is -0.383 e. The number of hydrogen-bond donors (Lipinski definition) is 1. The Morgan fingerprint density at radius 3 is 2.59 bits per heavy atom. The maximum absolute atomic E-state index is 10.9. The summed E-state index contributed by atoms with van der Waals surface area (Å²) in [6, 6.07) is 5.03. The van der Waals surface area contributed by atoms with Gasteiger partial charge >= 0.3 is 0 Å². The lowest BCUT2D eigenvalue weighted by molar-refractivity contribution is -0.0528. The largest absolute Gasteiger partial charge is 0.383 e. The van der Waals surface area contributed by atoms with Crippen LogP contribution in [-0.2, 0) is 5.60 Å². The van der Waals surface area contributed by atoms with Crippen molar-refractivity contribution in [2.75, 3.05) is 7.05 Å². The van der Waals surface area contributed by atoms with Gasteiger partial charge in [0.15, 0.2) is 0 Å². The quantitative estimate of drug-likeness (QED) is 0.802. The van der Waals surface area contributed by atoms with E-state index in [1.807, 2.05) is 19.1 Å². The molecule has 3 heterocycles. The molecule has 92 valence electrons. The van der Waals surface area contributed by atoms with Gasteiger partial charge in [0.1, 0.15) is 5.60 Å². The molecule has 0 spiro atoms. The Kier molecular flexibility index (Phi) is 2.49. The van der Waals surface area contributed by atoms with Gasteiger partial charge in [0.25, 0.3) is 0 Å². The van der Waals surface area contributed by atoms with E-state index in [4.69, 9.17) is 0 Å². The van der Waals surface area contributed by atoms with Gasteiger partial charge in [-0.05, 0) is 51.3 Å². The molecule has 17 heavy (non-hydrogen) atoms. The predicted octanol–water partition coefficient (Wildman–Crippen LogP) is 1.83. The number of piperidine rings is 1. The molecule has 2 bridgehead atoms. The third-order valence-corrected chi connectivity index (χ3v) is 4.58. The smallest absolute Gasteiger partial charge is 0.110 e.